The van der Waals surface area contributed by atoms with Gasteiger partial charge >= 0.3 is 5.97 Å². The van der Waals surface area contributed by atoms with E-state index >= 15 is 0 Å². The molecule has 0 aromatic heterocycles. The van der Waals surface area contributed by atoms with Crippen molar-refractivity contribution in [2.75, 3.05) is 13.2 Å². The zero-order chi connectivity index (χ0) is 14.9. The summed E-state index contributed by atoms with van der Waals surface area (Å²) in [5.74, 6) is -0.515. The Bertz CT molecular complexity index is 645. The molecule has 1 aromatic rings. The zero-order valence-corrected chi connectivity index (χ0v) is 12.8. The summed E-state index contributed by atoms with van der Waals surface area (Å²) in [5, 5.41) is 8.77. The third-order valence-corrected chi connectivity index (χ3v) is 5.09. The molecule has 0 amide bonds. The number of carbonyl (C=O) groups is 1. The fourth-order valence-corrected chi connectivity index (χ4v) is 3.83. The number of fused-ring (bicyclic) bond motifs is 1. The van der Waals surface area contributed by atoms with Gasteiger partial charge in [0.05, 0.1) is 0 Å². The average molecular weight is 366 g/mol. The lowest BCUT2D eigenvalue weighted by Gasteiger charge is -2.20. The van der Waals surface area contributed by atoms with E-state index in [1.54, 1.807) is 0 Å². The van der Waals surface area contributed by atoms with Gasteiger partial charge in [0.2, 0.25) is 10.0 Å². The largest absolute Gasteiger partial charge is 0.486 e. The van der Waals surface area contributed by atoms with E-state index in [2.05, 4.69) is 20.7 Å². The van der Waals surface area contributed by atoms with E-state index in [9.17, 15) is 13.2 Å². The number of hydrogen-bond donors (Lipinski definition) is 2. The van der Waals surface area contributed by atoms with Crippen LogP contribution in [0.15, 0.2) is 21.5 Å². The third kappa shape index (κ3) is 3.05. The van der Waals surface area contributed by atoms with Gasteiger partial charge < -0.3 is 14.6 Å². The van der Waals surface area contributed by atoms with Crippen LogP contribution in [0, 0.1) is 0 Å². The topological polar surface area (TPSA) is 102 Å². The van der Waals surface area contributed by atoms with Crippen molar-refractivity contribution < 1.29 is 27.8 Å². The van der Waals surface area contributed by atoms with Crippen LogP contribution in [0.1, 0.15) is 6.92 Å². The molecule has 20 heavy (non-hydrogen) atoms. The molecule has 0 bridgehead atoms. The summed E-state index contributed by atoms with van der Waals surface area (Å²) >= 11 is 3.14. The van der Waals surface area contributed by atoms with E-state index in [0.29, 0.717) is 24.7 Å². The molecule has 7 nitrogen and oxygen atoms in total. The van der Waals surface area contributed by atoms with Crippen LogP contribution in [0.2, 0.25) is 0 Å². The standard InChI is InChI=1S/C11H12BrNO6S/c1-6(11(14)15)13-20(16,17)10-5-9-8(4-7(10)12)18-2-3-19-9/h4-6,13H,2-3H2,1H3,(H,14,15)/t6-/m1/s1. The second kappa shape index (κ2) is 5.58. The van der Waals surface area contributed by atoms with E-state index < -0.39 is 22.0 Å². The van der Waals surface area contributed by atoms with Crippen LogP contribution in [-0.2, 0) is 14.8 Å². The summed E-state index contributed by atoms with van der Waals surface area (Å²) < 4.78 is 37.3. The first-order valence-corrected chi connectivity index (χ1v) is 7.93. The number of aliphatic carboxylic acids is 1. The molecule has 0 saturated heterocycles. The van der Waals surface area contributed by atoms with Gasteiger partial charge in [0.15, 0.2) is 11.5 Å². The molecule has 0 saturated carbocycles. The maximum Gasteiger partial charge on any atom is 0.321 e. The molecule has 0 fully saturated rings. The summed E-state index contributed by atoms with van der Waals surface area (Å²) in [6.45, 7) is 1.96. The summed E-state index contributed by atoms with van der Waals surface area (Å²) in [4.78, 5) is 10.6. The molecule has 0 radical (unpaired) electrons. The van der Waals surface area contributed by atoms with Gasteiger partial charge in [0, 0.05) is 10.5 Å². The van der Waals surface area contributed by atoms with Crippen molar-refractivity contribution in [2.24, 2.45) is 0 Å². The van der Waals surface area contributed by atoms with E-state index in [1.807, 2.05) is 0 Å². The molecule has 1 aliphatic rings. The van der Waals surface area contributed by atoms with Crippen LogP contribution in [0.5, 0.6) is 11.5 Å². The highest BCUT2D eigenvalue weighted by Gasteiger charge is 2.26. The van der Waals surface area contributed by atoms with Crippen LogP contribution in [0.3, 0.4) is 0 Å². The number of halogens is 1. The smallest absolute Gasteiger partial charge is 0.321 e. The quantitative estimate of drug-likeness (QED) is 0.824. The van der Waals surface area contributed by atoms with Crippen LogP contribution >= 0.6 is 15.9 Å². The minimum atomic E-state index is -3.98. The highest BCUT2D eigenvalue weighted by Crippen LogP contribution is 2.37. The Morgan fingerprint density at radius 2 is 1.90 bits per heavy atom. The molecule has 0 unspecified atom stereocenters. The number of carboxylic acids is 1. The van der Waals surface area contributed by atoms with Gasteiger partial charge in [0.25, 0.3) is 0 Å². The second-order valence-electron chi connectivity index (χ2n) is 4.11. The Morgan fingerprint density at radius 3 is 2.45 bits per heavy atom. The van der Waals surface area contributed by atoms with Crippen molar-refractivity contribution in [1.82, 2.24) is 4.72 Å². The predicted molar refractivity (Wildman–Crippen MR) is 72.6 cm³/mol. The molecule has 1 heterocycles. The van der Waals surface area contributed by atoms with Crippen molar-refractivity contribution in [2.45, 2.75) is 17.9 Å². The highest BCUT2D eigenvalue weighted by molar-refractivity contribution is 9.10. The maximum absolute atomic E-state index is 12.2. The van der Waals surface area contributed by atoms with E-state index in [-0.39, 0.29) is 9.37 Å². The number of hydrogen-bond acceptors (Lipinski definition) is 5. The number of benzene rings is 1. The molecule has 110 valence electrons. The first-order chi connectivity index (χ1) is 9.31. The summed E-state index contributed by atoms with van der Waals surface area (Å²) in [6.07, 6.45) is 0. The molecule has 1 aliphatic heterocycles. The molecule has 2 rings (SSSR count). The summed E-state index contributed by atoms with van der Waals surface area (Å²) in [6, 6.07) is 1.55. The van der Waals surface area contributed by atoms with Crippen LogP contribution in [-0.4, -0.2) is 38.7 Å². The minimum absolute atomic E-state index is 0.102. The highest BCUT2D eigenvalue weighted by atomic mass is 79.9. The van der Waals surface area contributed by atoms with Crippen molar-refractivity contribution in [3.63, 3.8) is 0 Å². The Hall–Kier alpha value is -1.32. The number of ether oxygens (including phenoxy) is 2. The predicted octanol–water partition coefficient (Wildman–Crippen LogP) is 0.972. The third-order valence-electron chi connectivity index (χ3n) is 2.59. The van der Waals surface area contributed by atoms with Gasteiger partial charge in [-0.3, -0.25) is 4.79 Å². The molecular formula is C11H12BrNO6S. The molecule has 0 spiro atoms. The molecule has 9 heteroatoms. The van der Waals surface area contributed by atoms with Gasteiger partial charge in [-0.25, -0.2) is 8.42 Å². The summed E-state index contributed by atoms with van der Waals surface area (Å²) in [5.41, 5.74) is 0. The van der Waals surface area contributed by atoms with E-state index in [4.69, 9.17) is 14.6 Å². The lowest BCUT2D eigenvalue weighted by atomic mass is 10.3. The van der Waals surface area contributed by atoms with Crippen LogP contribution < -0.4 is 14.2 Å². The molecule has 1 atom stereocenters. The molecular weight excluding hydrogens is 354 g/mol. The van der Waals surface area contributed by atoms with E-state index in [1.165, 1.54) is 19.1 Å². The Balaban J connectivity index is 2.39. The van der Waals surface area contributed by atoms with Gasteiger partial charge in [-0.1, -0.05) is 0 Å². The monoisotopic (exact) mass is 365 g/mol. The normalized spacial score (nSPS) is 15.7. The van der Waals surface area contributed by atoms with Crippen molar-refractivity contribution in [3.05, 3.63) is 16.6 Å². The zero-order valence-electron chi connectivity index (χ0n) is 10.4. The first-order valence-electron chi connectivity index (χ1n) is 5.65. The van der Waals surface area contributed by atoms with Gasteiger partial charge in [-0.05, 0) is 28.9 Å². The van der Waals surface area contributed by atoms with Gasteiger partial charge in [-0.2, -0.15) is 4.72 Å². The number of nitrogens with one attached hydrogen (secondary N) is 1. The van der Waals surface area contributed by atoms with Crippen molar-refractivity contribution in [3.8, 4) is 11.5 Å². The number of sulfonamides is 1. The lowest BCUT2D eigenvalue weighted by molar-refractivity contribution is -0.138. The molecule has 0 aliphatic carbocycles. The second-order valence-corrected chi connectivity index (χ2v) is 6.64. The Kier molecular flexibility index (Phi) is 4.21. The number of carboxylic acid groups (broad SMARTS) is 1. The van der Waals surface area contributed by atoms with Gasteiger partial charge in [0.1, 0.15) is 24.2 Å². The SMILES string of the molecule is C[C@@H](NS(=O)(=O)c1cc2c(cc1Br)OCCO2)C(=O)O. The summed E-state index contributed by atoms with van der Waals surface area (Å²) in [7, 11) is -3.98. The lowest BCUT2D eigenvalue weighted by Crippen LogP contribution is -2.38. The molecule has 1 aromatic carbocycles. The van der Waals surface area contributed by atoms with E-state index in [0.717, 1.165) is 0 Å². The minimum Gasteiger partial charge on any atom is -0.486 e. The van der Waals surface area contributed by atoms with Crippen LogP contribution in [0.4, 0.5) is 0 Å². The fourth-order valence-electron chi connectivity index (χ4n) is 1.60. The van der Waals surface area contributed by atoms with Crippen molar-refractivity contribution in [1.29, 1.82) is 0 Å². The van der Waals surface area contributed by atoms with Crippen LogP contribution in [0.25, 0.3) is 0 Å². The Morgan fingerprint density at radius 1 is 1.35 bits per heavy atom. The average Bonchev–Trinajstić information content (AvgIpc) is 2.37. The number of rotatable bonds is 4. The fraction of sp³-hybridized carbons (Fsp3) is 0.364. The first kappa shape index (κ1) is 15.1. The molecule has 2 N–H and O–H groups in total. The van der Waals surface area contributed by atoms with Crippen molar-refractivity contribution >= 4 is 31.9 Å². The Labute approximate surface area is 124 Å². The maximum atomic E-state index is 12.2. The van der Waals surface area contributed by atoms with Gasteiger partial charge in [-0.15, -0.1) is 0 Å².